The lowest BCUT2D eigenvalue weighted by Crippen LogP contribution is -2.36. The van der Waals surface area contributed by atoms with E-state index in [9.17, 15) is 0 Å². The second-order valence-corrected chi connectivity index (χ2v) is 5.87. The fourth-order valence-corrected chi connectivity index (χ4v) is 3.37. The van der Waals surface area contributed by atoms with Crippen LogP contribution in [0.1, 0.15) is 32.5 Å². The fraction of sp³-hybridized carbons (Fsp3) is 0.588. The predicted molar refractivity (Wildman–Crippen MR) is 83.9 cm³/mol. The molecule has 0 saturated heterocycles. The van der Waals surface area contributed by atoms with E-state index in [0.717, 1.165) is 36.9 Å². The van der Waals surface area contributed by atoms with E-state index in [4.69, 9.17) is 4.98 Å². The van der Waals surface area contributed by atoms with Crippen molar-refractivity contribution < 1.29 is 0 Å². The first-order chi connectivity index (χ1) is 9.83. The van der Waals surface area contributed by atoms with Gasteiger partial charge in [-0.3, -0.25) is 0 Å². The molecule has 2 unspecified atom stereocenters. The highest BCUT2D eigenvalue weighted by Crippen LogP contribution is 2.36. The molecule has 1 aromatic heterocycles. The number of benzene rings is 1. The largest absolute Gasteiger partial charge is 0.328 e. The third-order valence-electron chi connectivity index (χ3n) is 4.73. The number of hydrogen-bond acceptors (Lipinski definition) is 2. The summed E-state index contributed by atoms with van der Waals surface area (Å²) in [5.41, 5.74) is 2.43. The zero-order chi connectivity index (χ0) is 13.9. The molecule has 1 N–H and O–H groups in total. The Morgan fingerprint density at radius 2 is 2.00 bits per heavy atom. The van der Waals surface area contributed by atoms with E-state index in [-0.39, 0.29) is 0 Å². The summed E-state index contributed by atoms with van der Waals surface area (Å²) in [6.07, 6.45) is 3.88. The quantitative estimate of drug-likeness (QED) is 0.874. The second kappa shape index (κ2) is 5.96. The van der Waals surface area contributed by atoms with Crippen molar-refractivity contribution in [3.63, 3.8) is 0 Å². The van der Waals surface area contributed by atoms with E-state index >= 15 is 0 Å². The van der Waals surface area contributed by atoms with Crippen molar-refractivity contribution in [3.8, 4) is 0 Å². The van der Waals surface area contributed by atoms with Crippen LogP contribution in [-0.2, 0) is 13.0 Å². The summed E-state index contributed by atoms with van der Waals surface area (Å²) >= 11 is 0. The van der Waals surface area contributed by atoms with Gasteiger partial charge in [-0.1, -0.05) is 19.1 Å². The van der Waals surface area contributed by atoms with Crippen LogP contribution in [0.3, 0.4) is 0 Å². The van der Waals surface area contributed by atoms with E-state index in [1.807, 2.05) is 0 Å². The first-order valence-electron chi connectivity index (χ1n) is 7.98. The molecule has 1 fully saturated rings. The molecule has 2 aromatic rings. The maximum Gasteiger partial charge on any atom is 0.110 e. The predicted octanol–water partition coefficient (Wildman–Crippen LogP) is 3.23. The number of hydrogen-bond donors (Lipinski definition) is 1. The Labute approximate surface area is 121 Å². The molecular formula is C17H25N3. The average Bonchev–Trinajstić information content (AvgIpc) is 2.81. The number of nitrogens with zero attached hydrogens (tertiary/aromatic N) is 2. The van der Waals surface area contributed by atoms with Gasteiger partial charge < -0.3 is 9.88 Å². The van der Waals surface area contributed by atoms with Crippen molar-refractivity contribution in [2.24, 2.45) is 11.8 Å². The number of fused-ring (bicyclic) bond motifs is 1. The molecule has 0 radical (unpaired) electrons. The van der Waals surface area contributed by atoms with Crippen molar-refractivity contribution in [3.05, 3.63) is 30.1 Å². The van der Waals surface area contributed by atoms with Gasteiger partial charge in [0.2, 0.25) is 0 Å². The zero-order valence-electron chi connectivity index (χ0n) is 12.6. The molecule has 0 spiro atoms. The molecule has 0 aliphatic heterocycles. The smallest absolute Gasteiger partial charge is 0.110 e. The van der Waals surface area contributed by atoms with Crippen LogP contribution in [0.4, 0.5) is 0 Å². The van der Waals surface area contributed by atoms with Crippen LogP contribution in [0, 0.1) is 11.8 Å². The zero-order valence-corrected chi connectivity index (χ0v) is 12.6. The maximum atomic E-state index is 4.86. The number of nitrogens with one attached hydrogen (secondary N) is 1. The highest BCUT2D eigenvalue weighted by molar-refractivity contribution is 5.75. The van der Waals surface area contributed by atoms with Crippen LogP contribution in [0.15, 0.2) is 24.3 Å². The lowest BCUT2D eigenvalue weighted by atomic mass is 9.71. The molecule has 2 atom stereocenters. The number of aryl methyl sites for hydroxylation is 1. The molecule has 0 bridgehead atoms. The van der Waals surface area contributed by atoms with E-state index in [0.29, 0.717) is 0 Å². The number of imidazole rings is 1. The van der Waals surface area contributed by atoms with Gasteiger partial charge in [-0.25, -0.2) is 4.98 Å². The van der Waals surface area contributed by atoms with Gasteiger partial charge in [0.25, 0.3) is 0 Å². The van der Waals surface area contributed by atoms with Crippen LogP contribution >= 0.6 is 0 Å². The minimum absolute atomic E-state index is 0.816. The van der Waals surface area contributed by atoms with E-state index in [1.165, 1.54) is 30.7 Å². The van der Waals surface area contributed by atoms with Crippen LogP contribution in [0.5, 0.6) is 0 Å². The number of rotatable bonds is 6. The SMILES string of the molecule is CCNCC1CCC1Cc1nc2ccccc2n1CC. The van der Waals surface area contributed by atoms with Gasteiger partial charge in [-0.2, -0.15) is 0 Å². The van der Waals surface area contributed by atoms with Crippen molar-refractivity contribution in [2.45, 2.75) is 39.7 Å². The molecule has 1 aliphatic rings. The Morgan fingerprint density at radius 3 is 2.70 bits per heavy atom. The monoisotopic (exact) mass is 271 g/mol. The summed E-state index contributed by atoms with van der Waals surface area (Å²) in [6.45, 7) is 7.67. The van der Waals surface area contributed by atoms with Gasteiger partial charge in [0.05, 0.1) is 11.0 Å². The maximum absolute atomic E-state index is 4.86. The number of aromatic nitrogens is 2. The summed E-state index contributed by atoms with van der Waals surface area (Å²) in [6, 6.07) is 8.50. The van der Waals surface area contributed by atoms with Gasteiger partial charge >= 0.3 is 0 Å². The van der Waals surface area contributed by atoms with Crippen LogP contribution in [0.25, 0.3) is 11.0 Å². The molecular weight excluding hydrogens is 246 g/mol. The van der Waals surface area contributed by atoms with Crippen LogP contribution in [0.2, 0.25) is 0 Å². The molecule has 3 rings (SSSR count). The average molecular weight is 271 g/mol. The molecule has 1 saturated carbocycles. The Hall–Kier alpha value is -1.35. The third kappa shape index (κ3) is 2.47. The second-order valence-electron chi connectivity index (χ2n) is 5.87. The Kier molecular flexibility index (Phi) is 4.06. The van der Waals surface area contributed by atoms with Crippen LogP contribution < -0.4 is 5.32 Å². The Balaban J connectivity index is 1.77. The first kappa shape index (κ1) is 13.6. The fourth-order valence-electron chi connectivity index (χ4n) is 3.37. The molecule has 1 aromatic carbocycles. The Morgan fingerprint density at radius 1 is 1.20 bits per heavy atom. The third-order valence-corrected chi connectivity index (χ3v) is 4.73. The summed E-state index contributed by atoms with van der Waals surface area (Å²) in [5.74, 6) is 2.94. The van der Waals surface area contributed by atoms with Gasteiger partial charge in [0.1, 0.15) is 5.82 Å². The summed E-state index contributed by atoms with van der Waals surface area (Å²) in [5, 5.41) is 3.49. The molecule has 1 aliphatic carbocycles. The lowest BCUT2D eigenvalue weighted by molar-refractivity contribution is 0.168. The molecule has 1 heterocycles. The van der Waals surface area contributed by atoms with Gasteiger partial charge in [0.15, 0.2) is 0 Å². The van der Waals surface area contributed by atoms with E-state index < -0.39 is 0 Å². The minimum atomic E-state index is 0.816. The highest BCUT2D eigenvalue weighted by Gasteiger charge is 2.31. The first-order valence-corrected chi connectivity index (χ1v) is 7.98. The van der Waals surface area contributed by atoms with Gasteiger partial charge in [0, 0.05) is 13.0 Å². The summed E-state index contributed by atoms with van der Waals surface area (Å²) in [7, 11) is 0. The highest BCUT2D eigenvalue weighted by atomic mass is 15.1. The minimum Gasteiger partial charge on any atom is -0.328 e. The lowest BCUT2D eigenvalue weighted by Gasteiger charge is -2.36. The molecule has 3 nitrogen and oxygen atoms in total. The normalized spacial score (nSPS) is 22.1. The van der Waals surface area contributed by atoms with Crippen molar-refractivity contribution in [1.82, 2.24) is 14.9 Å². The molecule has 108 valence electrons. The van der Waals surface area contributed by atoms with Gasteiger partial charge in [-0.05, 0) is 56.8 Å². The van der Waals surface area contributed by atoms with Crippen molar-refractivity contribution in [2.75, 3.05) is 13.1 Å². The number of para-hydroxylation sites is 2. The van der Waals surface area contributed by atoms with E-state index in [2.05, 4.69) is 48.0 Å². The summed E-state index contributed by atoms with van der Waals surface area (Å²) < 4.78 is 2.39. The topological polar surface area (TPSA) is 29.9 Å². The van der Waals surface area contributed by atoms with Gasteiger partial charge in [-0.15, -0.1) is 0 Å². The molecule has 20 heavy (non-hydrogen) atoms. The van der Waals surface area contributed by atoms with Crippen molar-refractivity contribution in [1.29, 1.82) is 0 Å². The summed E-state index contributed by atoms with van der Waals surface area (Å²) in [4.78, 5) is 4.86. The molecule has 0 amide bonds. The van der Waals surface area contributed by atoms with Crippen LogP contribution in [-0.4, -0.2) is 22.6 Å². The van der Waals surface area contributed by atoms with E-state index in [1.54, 1.807) is 0 Å². The Bertz CT molecular complexity index is 573. The standard InChI is InChI=1S/C17H25N3/c1-3-18-12-14-10-9-13(14)11-17-19-15-7-5-6-8-16(15)20(17)4-2/h5-8,13-14,18H,3-4,9-12H2,1-2H3. The molecule has 3 heteroatoms. The van der Waals surface area contributed by atoms with Crippen molar-refractivity contribution >= 4 is 11.0 Å².